The zero-order valence-electron chi connectivity index (χ0n) is 16.5. The smallest absolute Gasteiger partial charge is 0.174 e. The van der Waals surface area contributed by atoms with Crippen LogP contribution in [-0.2, 0) is 6.54 Å². The van der Waals surface area contributed by atoms with E-state index in [1.54, 1.807) is 25.6 Å². The maximum absolute atomic E-state index is 5.42. The third kappa shape index (κ3) is 4.23. The van der Waals surface area contributed by atoms with E-state index in [2.05, 4.69) is 70.6 Å². The Morgan fingerprint density at radius 2 is 1.79 bits per heavy atom. The van der Waals surface area contributed by atoms with Gasteiger partial charge in [0.1, 0.15) is 5.01 Å². The fourth-order valence-electron chi connectivity index (χ4n) is 3.16. The molecule has 6 heteroatoms. The molecule has 3 aromatic carbocycles. The first kappa shape index (κ1) is 19.7. The third-order valence-electron chi connectivity index (χ3n) is 4.67. The summed E-state index contributed by atoms with van der Waals surface area (Å²) in [4.78, 5) is 4.76. The Bertz CT molecular complexity index is 1160. The summed E-state index contributed by atoms with van der Waals surface area (Å²) in [6.07, 6.45) is 0. The molecular formula is C23H21BrN2O2S. The fraction of sp³-hybridized carbons (Fsp3) is 0.174. The van der Waals surface area contributed by atoms with E-state index < -0.39 is 0 Å². The van der Waals surface area contributed by atoms with Crippen LogP contribution in [0, 0.1) is 6.92 Å². The van der Waals surface area contributed by atoms with Gasteiger partial charge in [-0.05, 0) is 82.5 Å². The molecule has 0 aliphatic carbocycles. The summed E-state index contributed by atoms with van der Waals surface area (Å²) in [5.41, 5.74) is 5.59. The van der Waals surface area contributed by atoms with Crippen LogP contribution in [0.3, 0.4) is 0 Å². The molecule has 0 atom stereocenters. The van der Waals surface area contributed by atoms with Crippen molar-refractivity contribution in [2.24, 2.45) is 0 Å². The van der Waals surface area contributed by atoms with Crippen molar-refractivity contribution in [1.29, 1.82) is 0 Å². The lowest BCUT2D eigenvalue weighted by Crippen LogP contribution is -2.01. The number of ether oxygens (including phenoxy) is 2. The van der Waals surface area contributed by atoms with Gasteiger partial charge in [0.2, 0.25) is 0 Å². The van der Waals surface area contributed by atoms with Crippen LogP contribution in [0.1, 0.15) is 11.1 Å². The molecule has 4 nitrogen and oxygen atoms in total. The summed E-state index contributed by atoms with van der Waals surface area (Å²) in [6, 6.07) is 18.8. The zero-order valence-corrected chi connectivity index (χ0v) is 18.9. The van der Waals surface area contributed by atoms with Gasteiger partial charge in [-0.15, -0.1) is 11.3 Å². The molecule has 1 aromatic heterocycles. The van der Waals surface area contributed by atoms with Gasteiger partial charge in [0.15, 0.2) is 11.5 Å². The predicted molar refractivity (Wildman–Crippen MR) is 124 cm³/mol. The quantitative estimate of drug-likeness (QED) is 0.343. The number of fused-ring (bicyclic) bond motifs is 1. The standard InChI is InChI=1S/C23H21BrN2O2S/c1-14-4-9-19-21(10-14)29-23(26-19)16-5-7-17(8-6-16)25-13-15-11-18(24)22(28-3)20(12-15)27-2/h4-12,25H,13H2,1-3H3. The molecule has 4 aromatic rings. The van der Waals surface area contributed by atoms with Gasteiger partial charge in [0.25, 0.3) is 0 Å². The van der Waals surface area contributed by atoms with Gasteiger partial charge >= 0.3 is 0 Å². The van der Waals surface area contributed by atoms with Crippen LogP contribution < -0.4 is 14.8 Å². The molecule has 0 saturated carbocycles. The number of methoxy groups -OCH3 is 2. The lowest BCUT2D eigenvalue weighted by atomic mass is 10.1. The van der Waals surface area contributed by atoms with Crippen LogP contribution in [0.4, 0.5) is 5.69 Å². The molecule has 1 N–H and O–H groups in total. The van der Waals surface area contributed by atoms with Crippen LogP contribution in [0.5, 0.6) is 11.5 Å². The maximum Gasteiger partial charge on any atom is 0.174 e. The molecule has 0 bridgehead atoms. The van der Waals surface area contributed by atoms with Crippen molar-refractivity contribution in [3.8, 4) is 22.1 Å². The molecular weight excluding hydrogens is 448 g/mol. The molecule has 29 heavy (non-hydrogen) atoms. The van der Waals surface area contributed by atoms with Crippen molar-refractivity contribution in [3.63, 3.8) is 0 Å². The average molecular weight is 469 g/mol. The first-order valence-electron chi connectivity index (χ1n) is 9.19. The third-order valence-corrected chi connectivity index (χ3v) is 6.32. The minimum atomic E-state index is 0.679. The molecule has 0 spiro atoms. The molecule has 4 rings (SSSR count). The van der Waals surface area contributed by atoms with Gasteiger partial charge in [0, 0.05) is 17.8 Å². The number of rotatable bonds is 6. The van der Waals surface area contributed by atoms with Crippen molar-refractivity contribution in [2.45, 2.75) is 13.5 Å². The fourth-order valence-corrected chi connectivity index (χ4v) is 4.88. The summed E-state index contributed by atoms with van der Waals surface area (Å²) < 4.78 is 12.9. The van der Waals surface area contributed by atoms with E-state index in [1.165, 1.54) is 10.3 Å². The highest BCUT2D eigenvalue weighted by Crippen LogP contribution is 2.36. The number of nitrogens with zero attached hydrogens (tertiary/aromatic N) is 1. The first-order valence-corrected chi connectivity index (χ1v) is 10.8. The first-order chi connectivity index (χ1) is 14.1. The molecule has 0 saturated heterocycles. The van der Waals surface area contributed by atoms with E-state index in [9.17, 15) is 0 Å². The summed E-state index contributed by atoms with van der Waals surface area (Å²) in [5, 5.41) is 4.50. The minimum absolute atomic E-state index is 0.679. The molecule has 1 heterocycles. The molecule has 0 unspecified atom stereocenters. The Balaban J connectivity index is 1.49. The second-order valence-corrected chi connectivity index (χ2v) is 8.62. The van der Waals surface area contributed by atoms with Crippen LogP contribution in [-0.4, -0.2) is 19.2 Å². The number of anilines is 1. The second-order valence-electron chi connectivity index (χ2n) is 6.73. The lowest BCUT2D eigenvalue weighted by Gasteiger charge is -2.13. The minimum Gasteiger partial charge on any atom is -0.493 e. The van der Waals surface area contributed by atoms with Crippen molar-refractivity contribution in [2.75, 3.05) is 19.5 Å². The van der Waals surface area contributed by atoms with Crippen LogP contribution in [0.2, 0.25) is 0 Å². The molecule has 0 aliphatic heterocycles. The Morgan fingerprint density at radius 3 is 2.52 bits per heavy atom. The highest BCUT2D eigenvalue weighted by Gasteiger charge is 2.11. The summed E-state index contributed by atoms with van der Waals surface area (Å²) in [5.74, 6) is 1.41. The lowest BCUT2D eigenvalue weighted by molar-refractivity contribution is 0.352. The molecule has 0 aliphatic rings. The largest absolute Gasteiger partial charge is 0.493 e. The summed E-state index contributed by atoms with van der Waals surface area (Å²) in [6.45, 7) is 2.79. The molecule has 148 valence electrons. The second kappa shape index (κ2) is 8.43. The highest BCUT2D eigenvalue weighted by atomic mass is 79.9. The number of aryl methyl sites for hydroxylation is 1. The molecule has 0 radical (unpaired) electrons. The van der Waals surface area contributed by atoms with E-state index in [4.69, 9.17) is 14.5 Å². The monoisotopic (exact) mass is 468 g/mol. The number of halogens is 1. The topological polar surface area (TPSA) is 43.4 Å². The van der Waals surface area contributed by atoms with Gasteiger partial charge in [-0.25, -0.2) is 4.98 Å². The number of nitrogens with one attached hydrogen (secondary N) is 1. The molecule has 0 fully saturated rings. The van der Waals surface area contributed by atoms with Crippen LogP contribution in [0.15, 0.2) is 59.1 Å². The number of hydrogen-bond acceptors (Lipinski definition) is 5. The number of aromatic nitrogens is 1. The maximum atomic E-state index is 5.42. The van der Waals surface area contributed by atoms with Crippen molar-refractivity contribution in [3.05, 3.63) is 70.2 Å². The average Bonchev–Trinajstić information content (AvgIpc) is 3.15. The van der Waals surface area contributed by atoms with Gasteiger partial charge < -0.3 is 14.8 Å². The van der Waals surface area contributed by atoms with Crippen molar-refractivity contribution >= 4 is 43.2 Å². The Morgan fingerprint density at radius 1 is 1.00 bits per heavy atom. The Labute approximate surface area is 182 Å². The summed E-state index contributed by atoms with van der Waals surface area (Å²) >= 11 is 5.27. The Kier molecular flexibility index (Phi) is 5.74. The van der Waals surface area contributed by atoms with Gasteiger partial charge in [-0.2, -0.15) is 0 Å². The van der Waals surface area contributed by atoms with Gasteiger partial charge in [-0.3, -0.25) is 0 Å². The SMILES string of the molecule is COc1cc(CNc2ccc(-c3nc4ccc(C)cc4s3)cc2)cc(Br)c1OC. The zero-order chi connectivity index (χ0) is 20.4. The number of hydrogen-bond donors (Lipinski definition) is 1. The van der Waals surface area contributed by atoms with E-state index in [1.807, 2.05) is 12.1 Å². The Hall–Kier alpha value is -2.57. The van der Waals surface area contributed by atoms with Crippen LogP contribution in [0.25, 0.3) is 20.8 Å². The van der Waals surface area contributed by atoms with Crippen molar-refractivity contribution in [1.82, 2.24) is 4.98 Å². The van der Waals surface area contributed by atoms with E-state index in [0.717, 1.165) is 31.8 Å². The van der Waals surface area contributed by atoms with Crippen LogP contribution >= 0.6 is 27.3 Å². The van der Waals surface area contributed by atoms with E-state index in [-0.39, 0.29) is 0 Å². The van der Waals surface area contributed by atoms with Crippen molar-refractivity contribution < 1.29 is 9.47 Å². The van der Waals surface area contributed by atoms with Gasteiger partial charge in [0.05, 0.1) is 28.9 Å². The normalized spacial score (nSPS) is 10.9. The predicted octanol–water partition coefficient (Wildman–Crippen LogP) is 6.66. The summed E-state index contributed by atoms with van der Waals surface area (Å²) in [7, 11) is 3.28. The highest BCUT2D eigenvalue weighted by molar-refractivity contribution is 9.10. The van der Waals surface area contributed by atoms with E-state index in [0.29, 0.717) is 18.0 Å². The molecule has 0 amide bonds. The van der Waals surface area contributed by atoms with Gasteiger partial charge in [-0.1, -0.05) is 6.07 Å². The number of benzene rings is 3. The number of thiazole rings is 1. The van der Waals surface area contributed by atoms with E-state index >= 15 is 0 Å².